The molecule has 0 radical (unpaired) electrons. The number of ether oxygens (including phenoxy) is 3. The van der Waals surface area contributed by atoms with E-state index in [2.05, 4.69) is 10.3 Å². The molecule has 1 aromatic heterocycles. The fourth-order valence-electron chi connectivity index (χ4n) is 5.46. The second-order valence-electron chi connectivity index (χ2n) is 10.1. The molecule has 0 aliphatic carbocycles. The van der Waals surface area contributed by atoms with E-state index in [1.54, 1.807) is 4.90 Å². The number of amides is 1. The maximum Gasteiger partial charge on any atom is 0.415 e. The van der Waals surface area contributed by atoms with Crippen LogP contribution in [0.5, 0.6) is 5.75 Å². The molecule has 41 heavy (non-hydrogen) atoms. The van der Waals surface area contributed by atoms with Gasteiger partial charge in [-0.1, -0.05) is 11.6 Å². The van der Waals surface area contributed by atoms with Gasteiger partial charge in [-0.2, -0.15) is 13.1 Å². The van der Waals surface area contributed by atoms with Crippen molar-refractivity contribution in [1.82, 2.24) is 14.6 Å². The molecule has 6 rings (SSSR count). The van der Waals surface area contributed by atoms with Gasteiger partial charge in [-0.3, -0.25) is 4.90 Å². The van der Waals surface area contributed by atoms with Gasteiger partial charge in [0.2, 0.25) is 10.0 Å². The molecule has 3 fully saturated rings. The molecule has 2 N–H and O–H groups in total. The molecule has 0 spiro atoms. The Bertz CT molecular complexity index is 1440. The molecule has 1 amide bonds. The van der Waals surface area contributed by atoms with E-state index < -0.39 is 40.3 Å². The van der Waals surface area contributed by atoms with E-state index in [-0.39, 0.29) is 79.7 Å². The Labute approximate surface area is 239 Å². The lowest BCUT2D eigenvalue weighted by Gasteiger charge is -2.36. The number of pyridine rings is 1. The van der Waals surface area contributed by atoms with Crippen molar-refractivity contribution in [1.29, 1.82) is 0 Å². The van der Waals surface area contributed by atoms with Crippen molar-refractivity contribution in [3.63, 3.8) is 0 Å². The summed E-state index contributed by atoms with van der Waals surface area (Å²) in [5.74, 6) is -2.87. The van der Waals surface area contributed by atoms with Gasteiger partial charge in [-0.15, -0.1) is 0 Å². The Morgan fingerprint density at radius 3 is 2.66 bits per heavy atom. The standard InChI is InChI=1S/C25H28ClF2N5O7S/c26-22-9-15(25(27,28)21-12-29-3-8-38-21)10-23(30-22)31-4-6-32(7-5-31)41(36,37)16-1-2-17-19(11-16)39-14-18-20(13-34)40-24(35)33(17)18/h1-2,9-11,18,20-21,29,34H,3-8,12-14H2/t18-,20-,21+/m0/s1. The third-order valence-electron chi connectivity index (χ3n) is 7.69. The third kappa shape index (κ3) is 5.08. The number of benzene rings is 1. The molecule has 16 heteroatoms. The van der Waals surface area contributed by atoms with Crippen LogP contribution in [0.2, 0.25) is 5.15 Å². The number of carbonyl (C=O) groups excluding carboxylic acids is 1. The van der Waals surface area contributed by atoms with Crippen LogP contribution in [0, 0.1) is 0 Å². The third-order valence-corrected chi connectivity index (χ3v) is 9.78. The first kappa shape index (κ1) is 28.3. The monoisotopic (exact) mass is 615 g/mol. The van der Waals surface area contributed by atoms with E-state index in [9.17, 15) is 18.3 Å². The second-order valence-corrected chi connectivity index (χ2v) is 12.4. The number of alkyl halides is 2. The molecule has 2 aromatic rings. The molecule has 4 aliphatic rings. The average molecular weight is 616 g/mol. The van der Waals surface area contributed by atoms with Crippen LogP contribution in [0.3, 0.4) is 0 Å². The largest absolute Gasteiger partial charge is 0.489 e. The van der Waals surface area contributed by atoms with Crippen molar-refractivity contribution in [3.8, 4) is 5.75 Å². The Morgan fingerprint density at radius 2 is 1.95 bits per heavy atom. The summed E-state index contributed by atoms with van der Waals surface area (Å²) in [5.41, 5.74) is 0.0414. The zero-order valence-corrected chi connectivity index (χ0v) is 23.3. The highest BCUT2D eigenvalue weighted by molar-refractivity contribution is 7.89. The summed E-state index contributed by atoms with van der Waals surface area (Å²) in [6.07, 6.45) is -2.71. The molecule has 3 atom stereocenters. The molecule has 0 unspecified atom stereocenters. The van der Waals surface area contributed by atoms with Gasteiger partial charge in [0.25, 0.3) is 5.92 Å². The van der Waals surface area contributed by atoms with Crippen molar-refractivity contribution in [2.45, 2.75) is 29.1 Å². The molecule has 0 bridgehead atoms. The van der Waals surface area contributed by atoms with Crippen LogP contribution in [0.25, 0.3) is 0 Å². The smallest absolute Gasteiger partial charge is 0.415 e. The minimum absolute atomic E-state index is 0.00157. The minimum atomic E-state index is -3.94. The predicted molar refractivity (Wildman–Crippen MR) is 142 cm³/mol. The molecular formula is C25H28ClF2N5O7S. The minimum Gasteiger partial charge on any atom is -0.489 e. The van der Waals surface area contributed by atoms with Gasteiger partial charge in [0.15, 0.2) is 6.10 Å². The number of piperazine rings is 1. The summed E-state index contributed by atoms with van der Waals surface area (Å²) in [4.78, 5) is 19.6. The lowest BCUT2D eigenvalue weighted by molar-refractivity contribution is -0.151. The van der Waals surface area contributed by atoms with Gasteiger partial charge in [0.1, 0.15) is 35.5 Å². The van der Waals surface area contributed by atoms with Crippen molar-refractivity contribution in [2.24, 2.45) is 0 Å². The van der Waals surface area contributed by atoms with Gasteiger partial charge in [-0.25, -0.2) is 18.2 Å². The van der Waals surface area contributed by atoms with Crippen molar-refractivity contribution in [3.05, 3.63) is 41.0 Å². The van der Waals surface area contributed by atoms with Crippen molar-refractivity contribution >= 4 is 39.2 Å². The number of nitrogens with one attached hydrogen (secondary N) is 1. The number of anilines is 2. The topological polar surface area (TPSA) is 134 Å². The molecule has 5 heterocycles. The summed E-state index contributed by atoms with van der Waals surface area (Å²) in [6, 6.07) is 6.11. The number of carbonyl (C=O) groups is 1. The molecule has 0 saturated carbocycles. The van der Waals surface area contributed by atoms with Crippen LogP contribution in [-0.4, -0.2) is 106 Å². The van der Waals surface area contributed by atoms with Crippen LogP contribution >= 0.6 is 11.6 Å². The Morgan fingerprint density at radius 1 is 1.17 bits per heavy atom. The van der Waals surface area contributed by atoms with E-state index in [0.717, 1.165) is 6.07 Å². The number of hydrogen-bond acceptors (Lipinski definition) is 10. The highest BCUT2D eigenvalue weighted by Crippen LogP contribution is 2.41. The number of cyclic esters (lactones) is 1. The second kappa shape index (κ2) is 10.8. The van der Waals surface area contributed by atoms with Gasteiger partial charge in [-0.05, 0) is 24.3 Å². The van der Waals surface area contributed by atoms with Crippen LogP contribution in [0.1, 0.15) is 5.56 Å². The molecular weight excluding hydrogens is 588 g/mol. The molecule has 4 aliphatic heterocycles. The van der Waals surface area contributed by atoms with Crippen molar-refractivity contribution in [2.75, 3.05) is 68.9 Å². The number of rotatable bonds is 6. The highest BCUT2D eigenvalue weighted by atomic mass is 35.5. The normalized spacial score (nSPS) is 25.4. The zero-order valence-electron chi connectivity index (χ0n) is 21.7. The fourth-order valence-corrected chi connectivity index (χ4v) is 7.10. The van der Waals surface area contributed by atoms with Crippen LogP contribution in [0.15, 0.2) is 35.2 Å². The number of morpholine rings is 1. The van der Waals surface area contributed by atoms with Gasteiger partial charge in [0, 0.05) is 50.9 Å². The predicted octanol–water partition coefficient (Wildman–Crippen LogP) is 1.40. The molecule has 222 valence electrons. The van der Waals surface area contributed by atoms with Gasteiger partial charge >= 0.3 is 6.09 Å². The number of aromatic nitrogens is 1. The SMILES string of the molecule is O=C1O[C@@H](CO)[C@@H]2COc3cc(S(=O)(=O)N4CCN(c5cc(C(F)(F)[C@H]6CNCCO6)cc(Cl)n5)CC4)ccc3N12. The number of hydrogen-bond donors (Lipinski definition) is 2. The van der Waals surface area contributed by atoms with E-state index in [0.29, 0.717) is 12.2 Å². The maximum absolute atomic E-state index is 15.2. The molecule has 1 aromatic carbocycles. The summed E-state index contributed by atoms with van der Waals surface area (Å²) >= 11 is 6.12. The summed E-state index contributed by atoms with van der Waals surface area (Å²) in [6.45, 7) is 0.914. The number of aliphatic hydroxyl groups excluding tert-OH is 1. The van der Waals surface area contributed by atoms with E-state index in [1.165, 1.54) is 33.5 Å². The molecule has 12 nitrogen and oxygen atoms in total. The summed E-state index contributed by atoms with van der Waals surface area (Å²) in [7, 11) is -3.94. The van der Waals surface area contributed by atoms with E-state index in [1.807, 2.05) is 0 Å². The van der Waals surface area contributed by atoms with Crippen LogP contribution < -0.4 is 19.9 Å². The first-order valence-corrected chi connectivity index (χ1v) is 14.9. The number of aliphatic hydroxyl groups is 1. The Hall–Kier alpha value is -2.82. The van der Waals surface area contributed by atoms with Gasteiger partial charge < -0.3 is 29.5 Å². The number of fused-ring (bicyclic) bond motifs is 3. The maximum atomic E-state index is 15.2. The van der Waals surface area contributed by atoms with E-state index >= 15 is 8.78 Å². The van der Waals surface area contributed by atoms with E-state index in [4.69, 9.17) is 25.8 Å². The number of sulfonamides is 1. The lowest BCUT2D eigenvalue weighted by Crippen LogP contribution is -2.49. The van der Waals surface area contributed by atoms with Crippen LogP contribution in [0.4, 0.5) is 25.1 Å². The zero-order chi connectivity index (χ0) is 28.9. The first-order chi connectivity index (χ1) is 19.6. The molecule has 3 saturated heterocycles. The first-order valence-electron chi connectivity index (χ1n) is 13.1. The summed E-state index contributed by atoms with van der Waals surface area (Å²) < 4.78 is 74.9. The Kier molecular flexibility index (Phi) is 7.45. The van der Waals surface area contributed by atoms with Crippen LogP contribution in [-0.2, 0) is 25.4 Å². The quantitative estimate of drug-likeness (QED) is 0.460. The van der Waals surface area contributed by atoms with Gasteiger partial charge in [0.05, 0.1) is 23.8 Å². The average Bonchev–Trinajstić information content (AvgIpc) is 3.32. The van der Waals surface area contributed by atoms with Crippen molar-refractivity contribution < 1.29 is 41.3 Å². The fraction of sp³-hybridized carbons (Fsp3) is 0.520. The summed E-state index contributed by atoms with van der Waals surface area (Å²) in [5, 5.41) is 12.3. The highest BCUT2D eigenvalue weighted by Gasteiger charge is 2.47. The number of nitrogens with zero attached hydrogens (tertiary/aromatic N) is 4. The lowest BCUT2D eigenvalue weighted by atomic mass is 10.0. The Balaban J connectivity index is 1.16. The number of halogens is 3.